The lowest BCUT2D eigenvalue weighted by atomic mass is 9.75. The van der Waals surface area contributed by atoms with Crippen molar-refractivity contribution in [2.45, 2.75) is 57.9 Å². The topological polar surface area (TPSA) is 42.2 Å². The van der Waals surface area contributed by atoms with Gasteiger partial charge in [0, 0.05) is 46.3 Å². The molecule has 19 heavy (non-hydrogen) atoms. The van der Waals surface area contributed by atoms with Gasteiger partial charge in [-0.15, -0.1) is 0 Å². The molecular formula is C15H25NO2S. The van der Waals surface area contributed by atoms with Crippen molar-refractivity contribution in [1.82, 2.24) is 4.57 Å². The standard InChI is InChI=1S/C15H25NO2S/c1-11(19(4)18)5-7-16-8-6-12-13(16)9-15(2,3)10-14(12)17/h6,8,11,14,17H,5,7,9-10H2,1-4H3. The van der Waals surface area contributed by atoms with E-state index in [9.17, 15) is 9.32 Å². The second-order valence-electron chi connectivity index (χ2n) is 6.57. The maximum Gasteiger partial charge on any atom is 0.0812 e. The SMILES string of the molecule is CC(CCn1ccc2c1CC(C)(C)CC2O)S(C)=O. The number of rotatable bonds is 4. The van der Waals surface area contributed by atoms with Gasteiger partial charge in [0.1, 0.15) is 0 Å². The van der Waals surface area contributed by atoms with E-state index in [1.54, 1.807) is 6.26 Å². The van der Waals surface area contributed by atoms with Gasteiger partial charge < -0.3 is 9.67 Å². The Morgan fingerprint density at radius 1 is 1.58 bits per heavy atom. The molecule has 0 bridgehead atoms. The van der Waals surface area contributed by atoms with Crippen LogP contribution in [0.4, 0.5) is 0 Å². The number of aryl methyl sites for hydroxylation is 1. The largest absolute Gasteiger partial charge is 0.388 e. The Hall–Kier alpha value is -0.610. The van der Waals surface area contributed by atoms with E-state index in [4.69, 9.17) is 0 Å². The van der Waals surface area contributed by atoms with Gasteiger partial charge in [0.2, 0.25) is 0 Å². The van der Waals surface area contributed by atoms with Crippen LogP contribution in [0.2, 0.25) is 0 Å². The number of nitrogens with zero attached hydrogens (tertiary/aromatic N) is 1. The van der Waals surface area contributed by atoms with Crippen LogP contribution in [0.15, 0.2) is 12.3 Å². The minimum Gasteiger partial charge on any atom is -0.388 e. The predicted octanol–water partition coefficient (Wildman–Crippen LogP) is 2.65. The molecule has 0 radical (unpaired) electrons. The second kappa shape index (κ2) is 5.41. The highest BCUT2D eigenvalue weighted by atomic mass is 32.2. The molecule has 1 heterocycles. The zero-order valence-electron chi connectivity index (χ0n) is 12.3. The molecule has 1 N–H and O–H groups in total. The van der Waals surface area contributed by atoms with E-state index in [2.05, 4.69) is 24.6 Å². The highest BCUT2D eigenvalue weighted by Crippen LogP contribution is 2.41. The van der Waals surface area contributed by atoms with Gasteiger partial charge in [-0.25, -0.2) is 0 Å². The van der Waals surface area contributed by atoms with Gasteiger partial charge in [0.15, 0.2) is 0 Å². The molecular weight excluding hydrogens is 258 g/mol. The third-order valence-electron chi connectivity index (χ3n) is 4.21. The first-order chi connectivity index (χ1) is 8.80. The molecule has 0 aliphatic heterocycles. The van der Waals surface area contributed by atoms with Gasteiger partial charge in [0.25, 0.3) is 0 Å². The highest BCUT2D eigenvalue weighted by Gasteiger charge is 2.33. The van der Waals surface area contributed by atoms with Gasteiger partial charge >= 0.3 is 0 Å². The summed E-state index contributed by atoms with van der Waals surface area (Å²) < 4.78 is 13.6. The lowest BCUT2D eigenvalue weighted by molar-refractivity contribution is 0.0979. The van der Waals surface area contributed by atoms with Crippen LogP contribution in [0.1, 0.15) is 51.0 Å². The number of hydrogen-bond acceptors (Lipinski definition) is 2. The Bertz CT molecular complexity index is 478. The molecule has 0 saturated carbocycles. The van der Waals surface area contributed by atoms with E-state index in [1.807, 2.05) is 13.0 Å². The average molecular weight is 283 g/mol. The minimum absolute atomic E-state index is 0.154. The minimum atomic E-state index is -0.759. The van der Waals surface area contributed by atoms with E-state index in [0.717, 1.165) is 31.4 Å². The molecule has 0 aromatic carbocycles. The van der Waals surface area contributed by atoms with Crippen LogP contribution in [0.3, 0.4) is 0 Å². The van der Waals surface area contributed by atoms with Crippen LogP contribution < -0.4 is 0 Å². The third kappa shape index (κ3) is 3.29. The van der Waals surface area contributed by atoms with Gasteiger partial charge in [-0.05, 0) is 30.7 Å². The van der Waals surface area contributed by atoms with E-state index >= 15 is 0 Å². The van der Waals surface area contributed by atoms with Crippen LogP contribution >= 0.6 is 0 Å². The highest BCUT2D eigenvalue weighted by molar-refractivity contribution is 7.84. The van der Waals surface area contributed by atoms with Crippen LogP contribution in [0.25, 0.3) is 0 Å². The third-order valence-corrected chi connectivity index (χ3v) is 5.58. The Morgan fingerprint density at radius 3 is 2.89 bits per heavy atom. The maximum absolute atomic E-state index is 11.4. The first-order valence-electron chi connectivity index (χ1n) is 6.98. The van der Waals surface area contributed by atoms with Crippen LogP contribution in [-0.2, 0) is 23.8 Å². The van der Waals surface area contributed by atoms with Crippen LogP contribution in [0, 0.1) is 5.41 Å². The first kappa shape index (κ1) is 14.8. The van der Waals surface area contributed by atoms with Gasteiger partial charge in [-0.3, -0.25) is 4.21 Å². The molecule has 0 fully saturated rings. The Labute approximate surface area is 118 Å². The number of hydrogen-bond donors (Lipinski definition) is 1. The fourth-order valence-electron chi connectivity index (χ4n) is 2.88. The fraction of sp³-hybridized carbons (Fsp3) is 0.733. The number of aliphatic hydroxyl groups excluding tert-OH is 1. The van der Waals surface area contributed by atoms with Crippen molar-refractivity contribution in [3.05, 3.63) is 23.5 Å². The molecule has 2 rings (SSSR count). The summed E-state index contributed by atoms with van der Waals surface area (Å²) >= 11 is 0. The predicted molar refractivity (Wildman–Crippen MR) is 79.6 cm³/mol. The Balaban J connectivity index is 2.14. The summed E-state index contributed by atoms with van der Waals surface area (Å²) in [5.74, 6) is 0. The quantitative estimate of drug-likeness (QED) is 0.923. The van der Waals surface area contributed by atoms with Gasteiger partial charge in [-0.1, -0.05) is 20.8 Å². The average Bonchev–Trinajstić information content (AvgIpc) is 2.67. The number of aliphatic hydroxyl groups is 1. The summed E-state index contributed by atoms with van der Waals surface area (Å²) in [4.78, 5) is 0. The van der Waals surface area contributed by atoms with E-state index in [-0.39, 0.29) is 16.8 Å². The summed E-state index contributed by atoms with van der Waals surface area (Å²) in [5, 5.41) is 10.4. The Morgan fingerprint density at radius 2 is 2.26 bits per heavy atom. The molecule has 0 saturated heterocycles. The monoisotopic (exact) mass is 283 g/mol. The molecule has 108 valence electrons. The van der Waals surface area contributed by atoms with Gasteiger partial charge in [0.05, 0.1) is 6.10 Å². The molecule has 1 aromatic heterocycles. The molecule has 1 aromatic rings. The molecule has 0 spiro atoms. The lowest BCUT2D eigenvalue weighted by Gasteiger charge is -2.34. The normalized spacial score (nSPS) is 24.8. The lowest BCUT2D eigenvalue weighted by Crippen LogP contribution is -2.27. The molecule has 3 unspecified atom stereocenters. The van der Waals surface area contributed by atoms with Crippen molar-refractivity contribution < 1.29 is 9.32 Å². The molecule has 3 nitrogen and oxygen atoms in total. The van der Waals surface area contributed by atoms with Gasteiger partial charge in [-0.2, -0.15) is 0 Å². The number of aromatic nitrogens is 1. The van der Waals surface area contributed by atoms with Crippen LogP contribution in [0.5, 0.6) is 0 Å². The smallest absolute Gasteiger partial charge is 0.0812 e. The zero-order chi connectivity index (χ0) is 14.2. The summed E-state index contributed by atoms with van der Waals surface area (Å²) in [7, 11) is -0.759. The summed E-state index contributed by atoms with van der Waals surface area (Å²) in [6.45, 7) is 7.34. The summed E-state index contributed by atoms with van der Waals surface area (Å²) in [6.07, 6.45) is 6.26. The van der Waals surface area contributed by atoms with E-state index in [1.165, 1.54) is 5.69 Å². The Kier molecular flexibility index (Phi) is 4.21. The summed E-state index contributed by atoms with van der Waals surface area (Å²) in [5.41, 5.74) is 2.50. The van der Waals surface area contributed by atoms with Crippen molar-refractivity contribution in [2.24, 2.45) is 5.41 Å². The van der Waals surface area contributed by atoms with Crippen molar-refractivity contribution >= 4 is 10.8 Å². The molecule has 1 aliphatic rings. The fourth-order valence-corrected chi connectivity index (χ4v) is 3.32. The molecule has 0 amide bonds. The first-order valence-corrected chi connectivity index (χ1v) is 8.60. The second-order valence-corrected chi connectivity index (χ2v) is 8.37. The van der Waals surface area contributed by atoms with E-state index < -0.39 is 10.8 Å². The summed E-state index contributed by atoms with van der Waals surface area (Å²) in [6, 6.07) is 2.04. The van der Waals surface area contributed by atoms with Crippen molar-refractivity contribution in [2.75, 3.05) is 6.26 Å². The van der Waals surface area contributed by atoms with Crippen molar-refractivity contribution in [1.29, 1.82) is 0 Å². The molecule has 4 heteroatoms. The van der Waals surface area contributed by atoms with Crippen LogP contribution in [-0.4, -0.2) is 25.4 Å². The zero-order valence-corrected chi connectivity index (χ0v) is 13.2. The molecule has 3 atom stereocenters. The number of fused-ring (bicyclic) bond motifs is 1. The van der Waals surface area contributed by atoms with Crippen molar-refractivity contribution in [3.63, 3.8) is 0 Å². The van der Waals surface area contributed by atoms with Crippen molar-refractivity contribution in [3.8, 4) is 0 Å². The molecule has 1 aliphatic carbocycles. The van der Waals surface area contributed by atoms with E-state index in [0.29, 0.717) is 0 Å². The maximum atomic E-state index is 11.4.